The Morgan fingerprint density at radius 1 is 1.04 bits per heavy atom. The number of allylic oxidation sites excluding steroid dienone is 4. The normalized spacial score (nSPS) is 14.2. The SMILES string of the molecule is COc1cc(C2=CCC=C2c2cc(F)c(S(C)(=O)=O)cc2F)ccc1Cl. The molecule has 0 heterocycles. The summed E-state index contributed by atoms with van der Waals surface area (Å²) in [5, 5.41) is 0.440. The van der Waals surface area contributed by atoms with Crippen molar-refractivity contribution in [2.45, 2.75) is 11.3 Å². The van der Waals surface area contributed by atoms with Gasteiger partial charge in [0.15, 0.2) is 9.84 Å². The number of ether oxygens (including phenoxy) is 1. The molecule has 0 spiro atoms. The fraction of sp³-hybridized carbons (Fsp3) is 0.158. The molecule has 2 aromatic rings. The van der Waals surface area contributed by atoms with E-state index in [1.807, 2.05) is 6.08 Å². The lowest BCUT2D eigenvalue weighted by Crippen LogP contribution is -2.04. The molecule has 2 aromatic carbocycles. The van der Waals surface area contributed by atoms with E-state index in [4.69, 9.17) is 16.3 Å². The van der Waals surface area contributed by atoms with E-state index >= 15 is 0 Å². The van der Waals surface area contributed by atoms with Crippen LogP contribution in [0, 0.1) is 11.6 Å². The Bertz CT molecular complexity index is 1060. The summed E-state index contributed by atoms with van der Waals surface area (Å²) in [5.41, 5.74) is 1.94. The number of hydrogen-bond acceptors (Lipinski definition) is 3. The highest BCUT2D eigenvalue weighted by Gasteiger charge is 2.23. The summed E-state index contributed by atoms with van der Waals surface area (Å²) in [6.07, 6.45) is 5.02. The van der Waals surface area contributed by atoms with Gasteiger partial charge in [-0.1, -0.05) is 29.8 Å². The molecule has 0 aliphatic heterocycles. The lowest BCUT2D eigenvalue weighted by Gasteiger charge is -2.13. The van der Waals surface area contributed by atoms with Crippen LogP contribution in [0.25, 0.3) is 11.1 Å². The molecule has 7 heteroatoms. The van der Waals surface area contributed by atoms with Crippen molar-refractivity contribution in [1.82, 2.24) is 0 Å². The van der Waals surface area contributed by atoms with Gasteiger partial charge in [-0.3, -0.25) is 0 Å². The van der Waals surface area contributed by atoms with Crippen molar-refractivity contribution in [2.24, 2.45) is 0 Å². The van der Waals surface area contributed by atoms with Gasteiger partial charge in [-0.2, -0.15) is 0 Å². The summed E-state index contributed by atoms with van der Waals surface area (Å²) >= 11 is 6.04. The van der Waals surface area contributed by atoms with Gasteiger partial charge >= 0.3 is 0 Å². The molecule has 0 fully saturated rings. The van der Waals surface area contributed by atoms with Crippen LogP contribution in [0.3, 0.4) is 0 Å². The molecule has 3 nitrogen and oxygen atoms in total. The van der Waals surface area contributed by atoms with E-state index in [0.717, 1.165) is 24.0 Å². The summed E-state index contributed by atoms with van der Waals surface area (Å²) in [4.78, 5) is -0.656. The van der Waals surface area contributed by atoms with E-state index in [1.54, 1.807) is 24.3 Å². The Kier molecular flexibility index (Phi) is 4.90. The highest BCUT2D eigenvalue weighted by atomic mass is 35.5. The zero-order valence-electron chi connectivity index (χ0n) is 14.0. The van der Waals surface area contributed by atoms with Crippen molar-refractivity contribution >= 4 is 32.6 Å². The van der Waals surface area contributed by atoms with Crippen LogP contribution in [0.1, 0.15) is 17.5 Å². The van der Waals surface area contributed by atoms with Crippen molar-refractivity contribution in [3.63, 3.8) is 0 Å². The Morgan fingerprint density at radius 3 is 2.38 bits per heavy atom. The molecule has 0 atom stereocenters. The summed E-state index contributed by atoms with van der Waals surface area (Å²) in [6.45, 7) is 0. The predicted molar refractivity (Wildman–Crippen MR) is 98.0 cm³/mol. The first-order chi connectivity index (χ1) is 12.2. The van der Waals surface area contributed by atoms with Crippen LogP contribution < -0.4 is 4.74 Å². The molecule has 26 heavy (non-hydrogen) atoms. The van der Waals surface area contributed by atoms with Gasteiger partial charge in [-0.25, -0.2) is 17.2 Å². The maximum Gasteiger partial charge on any atom is 0.178 e. The van der Waals surface area contributed by atoms with Crippen molar-refractivity contribution in [2.75, 3.05) is 13.4 Å². The second-order valence-corrected chi connectivity index (χ2v) is 8.25. The number of hydrogen-bond donors (Lipinski definition) is 0. The van der Waals surface area contributed by atoms with Gasteiger partial charge in [0.05, 0.1) is 12.1 Å². The first-order valence-corrected chi connectivity index (χ1v) is 9.93. The molecule has 0 unspecified atom stereocenters. The number of halogens is 3. The number of methoxy groups -OCH3 is 1. The topological polar surface area (TPSA) is 43.4 Å². The third-order valence-corrected chi connectivity index (χ3v) is 5.53. The molecule has 0 amide bonds. The average molecular weight is 397 g/mol. The second kappa shape index (κ2) is 6.85. The van der Waals surface area contributed by atoms with Crippen LogP contribution in [0.15, 0.2) is 47.4 Å². The molecule has 0 radical (unpaired) electrons. The van der Waals surface area contributed by atoms with Crippen LogP contribution >= 0.6 is 11.6 Å². The van der Waals surface area contributed by atoms with Crippen molar-refractivity contribution in [1.29, 1.82) is 0 Å². The predicted octanol–water partition coefficient (Wildman–Crippen LogP) is 4.90. The third-order valence-electron chi connectivity index (χ3n) is 4.11. The summed E-state index contributed by atoms with van der Waals surface area (Å²) in [5.74, 6) is -1.31. The quantitative estimate of drug-likeness (QED) is 0.738. The molecule has 1 aliphatic rings. The zero-order chi connectivity index (χ0) is 19.1. The Morgan fingerprint density at radius 2 is 1.73 bits per heavy atom. The van der Waals surface area contributed by atoms with E-state index in [-0.39, 0.29) is 5.56 Å². The van der Waals surface area contributed by atoms with Gasteiger partial charge in [0.25, 0.3) is 0 Å². The van der Waals surface area contributed by atoms with Crippen LogP contribution in [0.2, 0.25) is 5.02 Å². The minimum absolute atomic E-state index is 0.00701. The highest BCUT2D eigenvalue weighted by Crippen LogP contribution is 2.40. The fourth-order valence-electron chi connectivity index (χ4n) is 2.89. The summed E-state index contributed by atoms with van der Waals surface area (Å²) in [7, 11) is -2.37. The van der Waals surface area contributed by atoms with Gasteiger partial charge in [0, 0.05) is 11.8 Å². The van der Waals surface area contributed by atoms with Crippen LogP contribution in [0.5, 0.6) is 5.75 Å². The number of rotatable bonds is 4. The minimum atomic E-state index is -3.86. The van der Waals surface area contributed by atoms with Crippen LogP contribution in [-0.2, 0) is 9.84 Å². The van der Waals surface area contributed by atoms with Crippen molar-refractivity contribution in [3.8, 4) is 5.75 Å². The third kappa shape index (κ3) is 3.39. The van der Waals surface area contributed by atoms with E-state index < -0.39 is 26.4 Å². The molecule has 0 saturated heterocycles. The second-order valence-electron chi connectivity index (χ2n) is 5.86. The Hall–Kier alpha value is -2.18. The summed E-state index contributed by atoms with van der Waals surface area (Å²) in [6, 6.07) is 6.78. The van der Waals surface area contributed by atoms with Crippen molar-refractivity contribution in [3.05, 3.63) is 70.3 Å². The average Bonchev–Trinajstić information content (AvgIpc) is 3.05. The largest absolute Gasteiger partial charge is 0.495 e. The first-order valence-electron chi connectivity index (χ1n) is 7.66. The molecular formula is C19H15ClF2O3S. The molecule has 0 aromatic heterocycles. The fourth-order valence-corrected chi connectivity index (χ4v) is 3.81. The highest BCUT2D eigenvalue weighted by molar-refractivity contribution is 7.90. The maximum atomic E-state index is 14.6. The Balaban J connectivity index is 2.08. The van der Waals surface area contributed by atoms with Crippen molar-refractivity contribution < 1.29 is 21.9 Å². The van der Waals surface area contributed by atoms with Gasteiger partial charge in [-0.15, -0.1) is 0 Å². The van der Waals surface area contributed by atoms with E-state index in [2.05, 4.69) is 0 Å². The maximum absolute atomic E-state index is 14.6. The molecule has 0 bridgehead atoms. The zero-order valence-corrected chi connectivity index (χ0v) is 15.6. The van der Waals surface area contributed by atoms with E-state index in [1.165, 1.54) is 7.11 Å². The lowest BCUT2D eigenvalue weighted by molar-refractivity contribution is 0.415. The summed E-state index contributed by atoms with van der Waals surface area (Å²) < 4.78 is 57.2. The number of sulfone groups is 1. The molecule has 0 N–H and O–H groups in total. The van der Waals surface area contributed by atoms with Gasteiger partial charge in [-0.05, 0) is 47.4 Å². The standard InChI is InChI=1S/C19H15ClF2O3S/c1-25-18-8-11(6-7-15(18)20)12-4-3-5-13(12)14-9-17(22)19(10-16(14)21)26(2,23)24/h4-10H,3H2,1-2H3. The van der Waals surface area contributed by atoms with E-state index in [0.29, 0.717) is 28.3 Å². The Labute approximate surface area is 155 Å². The minimum Gasteiger partial charge on any atom is -0.495 e. The van der Waals surface area contributed by atoms with E-state index in [9.17, 15) is 17.2 Å². The van der Waals surface area contributed by atoms with Crippen LogP contribution in [-0.4, -0.2) is 21.8 Å². The molecule has 3 rings (SSSR count). The van der Waals surface area contributed by atoms with Gasteiger partial charge in [0.2, 0.25) is 0 Å². The van der Waals surface area contributed by atoms with Gasteiger partial charge < -0.3 is 4.74 Å². The number of benzene rings is 2. The first kappa shape index (κ1) is 18.6. The smallest absolute Gasteiger partial charge is 0.178 e. The molecule has 136 valence electrons. The van der Waals surface area contributed by atoms with Crippen LogP contribution in [0.4, 0.5) is 8.78 Å². The molecular weight excluding hydrogens is 382 g/mol. The lowest BCUT2D eigenvalue weighted by atomic mass is 9.94. The monoisotopic (exact) mass is 396 g/mol. The molecule has 1 aliphatic carbocycles. The van der Waals surface area contributed by atoms with Gasteiger partial charge in [0.1, 0.15) is 22.3 Å². The molecule has 0 saturated carbocycles.